The number of halogens is 1. The van der Waals surface area contributed by atoms with Crippen molar-refractivity contribution in [3.63, 3.8) is 0 Å². The van der Waals surface area contributed by atoms with Crippen LogP contribution in [0.2, 0.25) is 0 Å². The molecule has 3 N–H and O–H groups in total. The van der Waals surface area contributed by atoms with Crippen molar-refractivity contribution < 1.29 is 13.9 Å². The van der Waals surface area contributed by atoms with Crippen molar-refractivity contribution in [1.29, 1.82) is 0 Å². The predicted octanol–water partition coefficient (Wildman–Crippen LogP) is 2.52. The number of rotatable bonds is 7. The molecule has 24 heavy (non-hydrogen) atoms. The van der Waals surface area contributed by atoms with Crippen molar-refractivity contribution in [2.45, 2.75) is 39.7 Å². The van der Waals surface area contributed by atoms with Crippen LogP contribution in [0.3, 0.4) is 0 Å². The van der Waals surface area contributed by atoms with Crippen LogP contribution in [-0.4, -0.2) is 43.8 Å². The fraction of sp³-hybridized carbons (Fsp3) is 0.625. The van der Waals surface area contributed by atoms with Gasteiger partial charge in [-0.1, -0.05) is 0 Å². The topological polar surface area (TPSA) is 87.9 Å². The van der Waals surface area contributed by atoms with Gasteiger partial charge in [-0.05, 0) is 39.8 Å². The molecule has 1 rings (SSSR count). The summed E-state index contributed by atoms with van der Waals surface area (Å²) < 4.78 is 10.4. The van der Waals surface area contributed by atoms with Crippen molar-refractivity contribution in [3.05, 3.63) is 24.2 Å². The maximum Gasteiger partial charge on any atom is 0.407 e. The van der Waals surface area contributed by atoms with Crippen LogP contribution >= 0.6 is 24.0 Å². The van der Waals surface area contributed by atoms with Crippen LogP contribution in [0.5, 0.6) is 0 Å². The summed E-state index contributed by atoms with van der Waals surface area (Å²) in [5.74, 6) is 1.63. The molecule has 0 aliphatic heterocycles. The number of ether oxygens (including phenoxy) is 1. The smallest absolute Gasteiger partial charge is 0.407 e. The molecule has 0 unspecified atom stereocenters. The molecular weight excluding hydrogens is 423 g/mol. The number of hydrogen-bond donors (Lipinski definition) is 3. The summed E-state index contributed by atoms with van der Waals surface area (Å²) in [6, 6.07) is 3.80. The summed E-state index contributed by atoms with van der Waals surface area (Å²) in [6.45, 7) is 9.92. The SMILES string of the molecule is CCNC(=NCCc1ccco1)NCCNC(=O)OC(C)(C)C.I. The summed E-state index contributed by atoms with van der Waals surface area (Å²) in [7, 11) is 0. The molecule has 0 saturated carbocycles. The second-order valence-corrected chi connectivity index (χ2v) is 5.95. The lowest BCUT2D eigenvalue weighted by molar-refractivity contribution is 0.0529. The Labute approximate surface area is 161 Å². The number of nitrogens with one attached hydrogen (secondary N) is 3. The molecule has 8 heteroatoms. The third-order valence-corrected chi connectivity index (χ3v) is 2.64. The summed E-state index contributed by atoms with van der Waals surface area (Å²) >= 11 is 0. The lowest BCUT2D eigenvalue weighted by Gasteiger charge is -2.19. The quantitative estimate of drug-likeness (QED) is 0.256. The Morgan fingerprint density at radius 3 is 2.54 bits per heavy atom. The van der Waals surface area contributed by atoms with Gasteiger partial charge in [-0.3, -0.25) is 4.99 Å². The van der Waals surface area contributed by atoms with E-state index in [0.717, 1.165) is 18.7 Å². The van der Waals surface area contributed by atoms with Gasteiger partial charge in [0.05, 0.1) is 6.26 Å². The molecule has 0 bridgehead atoms. The third kappa shape index (κ3) is 11.1. The van der Waals surface area contributed by atoms with Crippen LogP contribution in [0.1, 0.15) is 33.5 Å². The lowest BCUT2D eigenvalue weighted by atomic mass is 10.2. The Morgan fingerprint density at radius 2 is 1.96 bits per heavy atom. The molecule has 0 aliphatic carbocycles. The molecule has 0 atom stereocenters. The highest BCUT2D eigenvalue weighted by Crippen LogP contribution is 2.06. The van der Waals surface area contributed by atoms with E-state index in [9.17, 15) is 4.79 Å². The van der Waals surface area contributed by atoms with E-state index in [4.69, 9.17) is 9.15 Å². The first-order valence-corrected chi connectivity index (χ1v) is 7.92. The fourth-order valence-corrected chi connectivity index (χ4v) is 1.73. The predicted molar refractivity (Wildman–Crippen MR) is 106 cm³/mol. The van der Waals surface area contributed by atoms with E-state index >= 15 is 0 Å². The molecule has 0 radical (unpaired) electrons. The van der Waals surface area contributed by atoms with E-state index in [-0.39, 0.29) is 24.0 Å². The first-order chi connectivity index (χ1) is 10.9. The number of carbonyl (C=O) groups excluding carboxylic acids is 1. The minimum absolute atomic E-state index is 0. The van der Waals surface area contributed by atoms with E-state index in [1.165, 1.54) is 0 Å². The Morgan fingerprint density at radius 1 is 1.25 bits per heavy atom. The molecule has 0 aliphatic rings. The van der Waals surface area contributed by atoms with Gasteiger partial charge in [0, 0.05) is 32.6 Å². The molecule has 0 saturated heterocycles. The van der Waals surface area contributed by atoms with E-state index in [2.05, 4.69) is 20.9 Å². The molecule has 138 valence electrons. The maximum absolute atomic E-state index is 11.5. The zero-order chi connectivity index (χ0) is 17.1. The number of hydrogen-bond acceptors (Lipinski definition) is 4. The number of furan rings is 1. The van der Waals surface area contributed by atoms with Gasteiger partial charge in [0.15, 0.2) is 5.96 Å². The zero-order valence-corrected chi connectivity index (χ0v) is 17.2. The van der Waals surface area contributed by atoms with Crippen LogP contribution in [0.25, 0.3) is 0 Å². The van der Waals surface area contributed by atoms with Gasteiger partial charge >= 0.3 is 6.09 Å². The largest absolute Gasteiger partial charge is 0.469 e. The molecule has 1 aromatic heterocycles. The highest BCUT2D eigenvalue weighted by molar-refractivity contribution is 14.0. The minimum Gasteiger partial charge on any atom is -0.469 e. The minimum atomic E-state index is -0.486. The zero-order valence-electron chi connectivity index (χ0n) is 14.8. The van der Waals surface area contributed by atoms with Gasteiger partial charge in [0.2, 0.25) is 0 Å². The standard InChI is InChI=1S/C16H28N4O3.HI/c1-5-17-14(18-9-8-13-7-6-12-22-13)19-10-11-20-15(21)23-16(2,3)4;/h6-7,12H,5,8-11H2,1-4H3,(H,20,21)(H2,17,18,19);1H. The van der Waals surface area contributed by atoms with Gasteiger partial charge in [0.1, 0.15) is 11.4 Å². The average Bonchev–Trinajstić information content (AvgIpc) is 2.94. The number of alkyl carbamates (subject to hydrolysis) is 1. The van der Waals surface area contributed by atoms with Crippen molar-refractivity contribution in [2.75, 3.05) is 26.2 Å². The Balaban J connectivity index is 0.00000529. The van der Waals surface area contributed by atoms with Crippen LogP contribution in [0, 0.1) is 0 Å². The van der Waals surface area contributed by atoms with E-state index in [0.29, 0.717) is 25.6 Å². The fourth-order valence-electron chi connectivity index (χ4n) is 1.73. The van der Waals surface area contributed by atoms with Crippen molar-refractivity contribution in [3.8, 4) is 0 Å². The second kappa shape index (κ2) is 12.0. The molecule has 0 fully saturated rings. The molecule has 1 aromatic rings. The highest BCUT2D eigenvalue weighted by atomic mass is 127. The first-order valence-electron chi connectivity index (χ1n) is 7.92. The van der Waals surface area contributed by atoms with Crippen molar-refractivity contribution in [2.24, 2.45) is 4.99 Å². The molecule has 1 heterocycles. The van der Waals surface area contributed by atoms with Crippen molar-refractivity contribution >= 4 is 36.0 Å². The summed E-state index contributed by atoms with van der Waals surface area (Å²) in [5.41, 5.74) is -0.486. The Kier molecular flexibility index (Phi) is 11.3. The van der Waals surface area contributed by atoms with E-state index in [1.807, 2.05) is 39.8 Å². The maximum atomic E-state index is 11.5. The molecule has 7 nitrogen and oxygen atoms in total. The molecular formula is C16H29IN4O3. The number of guanidine groups is 1. The van der Waals surface area contributed by atoms with E-state index < -0.39 is 11.7 Å². The number of amides is 1. The number of carbonyl (C=O) groups is 1. The van der Waals surface area contributed by atoms with Crippen LogP contribution in [-0.2, 0) is 11.2 Å². The van der Waals surface area contributed by atoms with Crippen molar-refractivity contribution in [1.82, 2.24) is 16.0 Å². The monoisotopic (exact) mass is 452 g/mol. The van der Waals surface area contributed by atoms with Gasteiger partial charge in [-0.15, -0.1) is 24.0 Å². The second-order valence-electron chi connectivity index (χ2n) is 5.95. The lowest BCUT2D eigenvalue weighted by Crippen LogP contribution is -2.42. The van der Waals surface area contributed by atoms with Gasteiger partial charge in [0.25, 0.3) is 0 Å². The highest BCUT2D eigenvalue weighted by Gasteiger charge is 2.15. The van der Waals surface area contributed by atoms with Crippen LogP contribution in [0.4, 0.5) is 4.79 Å². The number of nitrogens with zero attached hydrogens (tertiary/aromatic N) is 1. The number of aliphatic imine (C=N–C) groups is 1. The van der Waals surface area contributed by atoms with Gasteiger partial charge in [-0.2, -0.15) is 0 Å². The average molecular weight is 452 g/mol. The summed E-state index contributed by atoms with van der Waals surface area (Å²) in [4.78, 5) is 16.0. The van der Waals surface area contributed by atoms with Crippen LogP contribution in [0.15, 0.2) is 27.8 Å². The Hall–Kier alpha value is -1.45. The van der Waals surface area contributed by atoms with Gasteiger partial charge < -0.3 is 25.1 Å². The van der Waals surface area contributed by atoms with E-state index in [1.54, 1.807) is 6.26 Å². The molecule has 0 aromatic carbocycles. The third-order valence-electron chi connectivity index (χ3n) is 2.64. The Bertz CT molecular complexity index is 484. The summed E-state index contributed by atoms with van der Waals surface area (Å²) in [5, 5.41) is 9.00. The molecule has 0 spiro atoms. The normalized spacial score (nSPS) is 11.4. The van der Waals surface area contributed by atoms with Crippen LogP contribution < -0.4 is 16.0 Å². The first kappa shape index (κ1) is 22.6. The van der Waals surface area contributed by atoms with Gasteiger partial charge in [-0.25, -0.2) is 4.79 Å². The molecule has 1 amide bonds. The summed E-state index contributed by atoms with van der Waals surface area (Å²) in [6.07, 6.45) is 1.99.